The maximum atomic E-state index is 11.3. The minimum absolute atomic E-state index is 0.245. The third kappa shape index (κ3) is 1.35. The van der Waals surface area contributed by atoms with Gasteiger partial charge in [-0.2, -0.15) is 0 Å². The fourth-order valence-electron chi connectivity index (χ4n) is 3.14. The lowest BCUT2D eigenvalue weighted by Crippen LogP contribution is -2.47. The van der Waals surface area contributed by atoms with E-state index in [4.69, 9.17) is 5.14 Å². The van der Waals surface area contributed by atoms with Gasteiger partial charge in [0, 0.05) is 0 Å². The number of fused-ring (bicyclic) bond motifs is 1. The van der Waals surface area contributed by atoms with Crippen LogP contribution < -0.4 is 5.14 Å². The van der Waals surface area contributed by atoms with Crippen LogP contribution in [0.3, 0.4) is 0 Å². The van der Waals surface area contributed by atoms with Crippen LogP contribution in [0, 0.1) is 17.3 Å². The molecule has 0 spiro atoms. The molecule has 4 heteroatoms. The summed E-state index contributed by atoms with van der Waals surface area (Å²) in [7, 11) is -1.40. The highest BCUT2D eigenvalue weighted by atomic mass is 32.2. The van der Waals surface area contributed by atoms with Crippen LogP contribution in [0.2, 0.25) is 0 Å². The molecule has 0 bridgehead atoms. The van der Waals surface area contributed by atoms with E-state index in [-0.39, 0.29) is 5.25 Å². The van der Waals surface area contributed by atoms with E-state index in [9.17, 15) is 9.32 Å². The third-order valence-corrected chi connectivity index (χ3v) is 5.62. The van der Waals surface area contributed by atoms with Crippen molar-refractivity contribution in [2.24, 2.45) is 22.4 Å². The van der Waals surface area contributed by atoms with Crippen LogP contribution in [-0.2, 0) is 11.0 Å². The van der Waals surface area contributed by atoms with E-state index in [1.54, 1.807) is 6.92 Å². The molecule has 2 rings (SSSR count). The van der Waals surface area contributed by atoms with Crippen molar-refractivity contribution in [1.82, 2.24) is 0 Å². The fraction of sp³-hybridized carbons (Fsp3) is 1.00. The maximum absolute atomic E-state index is 11.3. The van der Waals surface area contributed by atoms with Gasteiger partial charge in [-0.05, 0) is 37.0 Å². The zero-order valence-corrected chi connectivity index (χ0v) is 9.80. The first-order valence-corrected chi connectivity index (χ1v) is 6.42. The predicted octanol–water partition coefficient (Wildman–Crippen LogP) is 0.794. The second-order valence-electron chi connectivity index (χ2n) is 5.65. The Balaban J connectivity index is 2.19. The molecule has 5 atom stereocenters. The molecule has 1 unspecified atom stereocenters. The molecule has 0 saturated heterocycles. The van der Waals surface area contributed by atoms with Gasteiger partial charge < -0.3 is 5.11 Å². The zero-order chi connectivity index (χ0) is 10.7. The van der Waals surface area contributed by atoms with Crippen molar-refractivity contribution in [1.29, 1.82) is 0 Å². The van der Waals surface area contributed by atoms with Crippen molar-refractivity contribution in [2.45, 2.75) is 44.5 Å². The van der Waals surface area contributed by atoms with E-state index >= 15 is 0 Å². The van der Waals surface area contributed by atoms with E-state index in [1.165, 1.54) is 0 Å². The molecule has 0 aliphatic heterocycles. The molecular formula is C10H19NO2S. The molecule has 2 saturated carbocycles. The monoisotopic (exact) mass is 217 g/mol. The van der Waals surface area contributed by atoms with Gasteiger partial charge in [-0.3, -0.25) is 5.14 Å². The van der Waals surface area contributed by atoms with Crippen molar-refractivity contribution in [2.75, 3.05) is 0 Å². The van der Waals surface area contributed by atoms with Gasteiger partial charge in [0.2, 0.25) is 0 Å². The van der Waals surface area contributed by atoms with Crippen LogP contribution in [0.1, 0.15) is 33.6 Å². The summed E-state index contributed by atoms with van der Waals surface area (Å²) < 4.78 is 11.3. The molecule has 0 aromatic heterocycles. The van der Waals surface area contributed by atoms with E-state index in [0.29, 0.717) is 17.3 Å². The summed E-state index contributed by atoms with van der Waals surface area (Å²) in [5.41, 5.74) is -0.521. The van der Waals surface area contributed by atoms with Crippen LogP contribution >= 0.6 is 0 Å². The lowest BCUT2D eigenvalue weighted by molar-refractivity contribution is 0.0230. The number of nitrogens with two attached hydrogens (primary N) is 1. The number of hydrogen-bond acceptors (Lipinski definition) is 2. The van der Waals surface area contributed by atoms with Gasteiger partial charge in [-0.15, -0.1) is 0 Å². The van der Waals surface area contributed by atoms with Gasteiger partial charge in [0.25, 0.3) is 0 Å². The zero-order valence-electron chi connectivity index (χ0n) is 8.99. The van der Waals surface area contributed by atoms with Crippen molar-refractivity contribution in [3.8, 4) is 0 Å². The molecule has 2 fully saturated rings. The second-order valence-corrected chi connectivity index (χ2v) is 6.87. The molecule has 3 N–H and O–H groups in total. The predicted molar refractivity (Wildman–Crippen MR) is 56.7 cm³/mol. The molecule has 3 nitrogen and oxygen atoms in total. The normalized spacial score (nSPS) is 52.2. The minimum atomic E-state index is -1.40. The molecule has 0 aromatic carbocycles. The van der Waals surface area contributed by atoms with Crippen molar-refractivity contribution in [3.05, 3.63) is 0 Å². The lowest BCUT2D eigenvalue weighted by Gasteiger charge is -2.34. The largest absolute Gasteiger partial charge is 0.389 e. The quantitative estimate of drug-likeness (QED) is 0.682. The Morgan fingerprint density at radius 1 is 1.36 bits per heavy atom. The number of aliphatic hydroxyl groups is 1. The van der Waals surface area contributed by atoms with Crippen LogP contribution in [0.25, 0.3) is 0 Å². The van der Waals surface area contributed by atoms with Crippen LogP contribution in [0.4, 0.5) is 0 Å². The van der Waals surface area contributed by atoms with Gasteiger partial charge in [0.05, 0.1) is 21.8 Å². The van der Waals surface area contributed by atoms with Gasteiger partial charge in [-0.1, -0.05) is 13.8 Å². The Kier molecular flexibility index (Phi) is 2.12. The maximum Gasteiger partial charge on any atom is 0.0949 e. The molecular weight excluding hydrogens is 198 g/mol. The van der Waals surface area contributed by atoms with Gasteiger partial charge in [-0.25, -0.2) is 4.21 Å². The third-order valence-electron chi connectivity index (χ3n) is 4.36. The summed E-state index contributed by atoms with van der Waals surface area (Å²) in [6, 6.07) is 0. The summed E-state index contributed by atoms with van der Waals surface area (Å²) in [5.74, 6) is 1.21. The summed E-state index contributed by atoms with van der Waals surface area (Å²) in [4.78, 5) is 0. The van der Waals surface area contributed by atoms with Crippen LogP contribution in [0.5, 0.6) is 0 Å². The van der Waals surface area contributed by atoms with Gasteiger partial charge in [0.1, 0.15) is 0 Å². The van der Waals surface area contributed by atoms with E-state index in [1.807, 2.05) is 0 Å². The Morgan fingerprint density at radius 3 is 2.43 bits per heavy atom. The first-order valence-electron chi connectivity index (χ1n) is 5.14. The SMILES string of the molecule is CC1(C)[C@@H]2C[C@@H](S(N)=O)[C@](C)(O)C[C@@H]21. The average molecular weight is 217 g/mol. The number of hydrogen-bond donors (Lipinski definition) is 2. The van der Waals surface area contributed by atoms with Gasteiger partial charge >= 0.3 is 0 Å². The molecule has 2 aliphatic carbocycles. The Bertz CT molecular complexity index is 288. The molecule has 2 aliphatic rings. The van der Waals surface area contributed by atoms with E-state index < -0.39 is 16.6 Å². The smallest absolute Gasteiger partial charge is 0.0949 e. The van der Waals surface area contributed by atoms with Crippen LogP contribution in [-0.4, -0.2) is 20.2 Å². The standard InChI is InChI=1S/C10H19NO2S/c1-9(2)6-4-8(14(11)13)10(3,12)5-7(6)9/h6-8,12H,4-5,11H2,1-3H3/t6-,7+,8-,10-,14?/m1/s1. The summed E-state index contributed by atoms with van der Waals surface area (Å²) >= 11 is 0. The summed E-state index contributed by atoms with van der Waals surface area (Å²) in [5, 5.41) is 15.3. The first-order chi connectivity index (χ1) is 6.27. The highest BCUT2D eigenvalue weighted by molar-refractivity contribution is 7.83. The average Bonchev–Trinajstić information content (AvgIpc) is 2.49. The van der Waals surface area contributed by atoms with Gasteiger partial charge in [0.15, 0.2) is 0 Å². The Morgan fingerprint density at radius 2 is 1.93 bits per heavy atom. The van der Waals surface area contributed by atoms with Crippen LogP contribution in [0.15, 0.2) is 0 Å². The molecule has 14 heavy (non-hydrogen) atoms. The van der Waals surface area contributed by atoms with Crippen molar-refractivity contribution >= 4 is 11.0 Å². The van der Waals surface area contributed by atoms with Crippen molar-refractivity contribution < 1.29 is 9.32 Å². The highest BCUT2D eigenvalue weighted by Crippen LogP contribution is 2.66. The Hall–Kier alpha value is 0.0700. The molecule has 82 valence electrons. The molecule has 0 radical (unpaired) electrons. The topological polar surface area (TPSA) is 63.3 Å². The lowest BCUT2D eigenvalue weighted by atomic mass is 9.86. The molecule has 0 aromatic rings. The molecule has 0 heterocycles. The van der Waals surface area contributed by atoms with E-state index in [0.717, 1.165) is 12.8 Å². The highest BCUT2D eigenvalue weighted by Gasteiger charge is 2.64. The number of rotatable bonds is 1. The minimum Gasteiger partial charge on any atom is -0.389 e. The second kappa shape index (κ2) is 2.80. The Labute approximate surface area is 87.7 Å². The molecule has 0 amide bonds. The van der Waals surface area contributed by atoms with E-state index in [2.05, 4.69) is 13.8 Å². The first kappa shape index (κ1) is 10.6. The van der Waals surface area contributed by atoms with Crippen molar-refractivity contribution in [3.63, 3.8) is 0 Å². The fourth-order valence-corrected chi connectivity index (χ4v) is 4.13. The summed E-state index contributed by atoms with van der Waals surface area (Å²) in [6.45, 7) is 6.22. The summed E-state index contributed by atoms with van der Waals surface area (Å²) in [6.07, 6.45) is 1.56.